The summed E-state index contributed by atoms with van der Waals surface area (Å²) in [7, 11) is 0. The number of piperazine rings is 1. The standard InChI is InChI=1S/C24H27N3OS/c28-24(22-12-7-19-29-22)25-13-14-26-15-17-27(18-16-26)23(20-8-3-1-4-9-20)21-10-5-2-6-11-21/h1-12,19,23H,13-18H2,(H,25,28). The Morgan fingerprint density at radius 2 is 1.48 bits per heavy atom. The van der Waals surface area contributed by atoms with E-state index in [-0.39, 0.29) is 11.9 Å². The summed E-state index contributed by atoms with van der Waals surface area (Å²) < 4.78 is 0. The van der Waals surface area contributed by atoms with Gasteiger partial charge >= 0.3 is 0 Å². The van der Waals surface area contributed by atoms with Gasteiger partial charge in [-0.1, -0.05) is 66.7 Å². The van der Waals surface area contributed by atoms with Crippen molar-refractivity contribution in [3.05, 3.63) is 94.2 Å². The Morgan fingerprint density at radius 3 is 2.03 bits per heavy atom. The Bertz CT molecular complexity index is 836. The van der Waals surface area contributed by atoms with E-state index in [0.717, 1.165) is 37.6 Å². The van der Waals surface area contributed by atoms with Crippen molar-refractivity contribution in [1.29, 1.82) is 0 Å². The molecule has 0 saturated carbocycles. The highest BCUT2D eigenvalue weighted by Gasteiger charge is 2.26. The highest BCUT2D eigenvalue weighted by Crippen LogP contribution is 2.29. The Balaban J connectivity index is 1.33. The molecule has 150 valence electrons. The largest absolute Gasteiger partial charge is 0.350 e. The van der Waals surface area contributed by atoms with Gasteiger partial charge in [0.15, 0.2) is 0 Å². The summed E-state index contributed by atoms with van der Waals surface area (Å²) in [6, 6.07) is 25.6. The maximum Gasteiger partial charge on any atom is 0.261 e. The number of rotatable bonds is 7. The van der Waals surface area contributed by atoms with Crippen LogP contribution in [0.15, 0.2) is 78.2 Å². The number of benzene rings is 2. The number of nitrogens with one attached hydrogen (secondary N) is 1. The van der Waals surface area contributed by atoms with Gasteiger partial charge in [-0.3, -0.25) is 14.6 Å². The van der Waals surface area contributed by atoms with Crippen molar-refractivity contribution in [2.45, 2.75) is 6.04 Å². The molecule has 29 heavy (non-hydrogen) atoms. The van der Waals surface area contributed by atoms with Gasteiger partial charge < -0.3 is 5.32 Å². The van der Waals surface area contributed by atoms with Gasteiger partial charge in [0.05, 0.1) is 10.9 Å². The molecule has 0 spiro atoms. The quantitative estimate of drug-likeness (QED) is 0.648. The van der Waals surface area contributed by atoms with E-state index in [1.54, 1.807) is 0 Å². The summed E-state index contributed by atoms with van der Waals surface area (Å²) in [5.41, 5.74) is 2.69. The molecule has 5 heteroatoms. The summed E-state index contributed by atoms with van der Waals surface area (Å²) in [4.78, 5) is 17.9. The van der Waals surface area contributed by atoms with Crippen LogP contribution >= 0.6 is 11.3 Å². The van der Waals surface area contributed by atoms with Crippen LogP contribution in [0.5, 0.6) is 0 Å². The van der Waals surface area contributed by atoms with Crippen LogP contribution in [0.4, 0.5) is 0 Å². The minimum atomic E-state index is 0.0341. The van der Waals surface area contributed by atoms with Crippen molar-refractivity contribution in [3.8, 4) is 0 Å². The van der Waals surface area contributed by atoms with E-state index in [4.69, 9.17) is 0 Å². The van der Waals surface area contributed by atoms with Gasteiger partial charge in [-0.25, -0.2) is 0 Å². The van der Waals surface area contributed by atoms with Crippen LogP contribution in [0.3, 0.4) is 0 Å². The van der Waals surface area contributed by atoms with Crippen molar-refractivity contribution in [3.63, 3.8) is 0 Å². The van der Waals surface area contributed by atoms with E-state index in [2.05, 4.69) is 75.8 Å². The average Bonchev–Trinajstić information content (AvgIpc) is 3.32. The molecule has 3 aromatic rings. The van der Waals surface area contributed by atoms with Crippen LogP contribution in [-0.2, 0) is 0 Å². The van der Waals surface area contributed by atoms with E-state index in [1.165, 1.54) is 22.5 Å². The first-order chi connectivity index (χ1) is 14.3. The molecule has 0 atom stereocenters. The third-order valence-corrected chi connectivity index (χ3v) is 6.33. The Labute approximate surface area is 176 Å². The predicted molar refractivity (Wildman–Crippen MR) is 119 cm³/mol. The Kier molecular flexibility index (Phi) is 6.72. The highest BCUT2D eigenvalue weighted by molar-refractivity contribution is 7.12. The number of hydrogen-bond donors (Lipinski definition) is 1. The lowest BCUT2D eigenvalue weighted by atomic mass is 9.96. The zero-order valence-electron chi connectivity index (χ0n) is 16.5. The fourth-order valence-electron chi connectivity index (χ4n) is 3.95. The van der Waals surface area contributed by atoms with Crippen LogP contribution < -0.4 is 5.32 Å². The third kappa shape index (κ3) is 5.12. The molecule has 1 saturated heterocycles. The van der Waals surface area contributed by atoms with E-state index in [9.17, 15) is 4.79 Å². The van der Waals surface area contributed by atoms with E-state index >= 15 is 0 Å². The van der Waals surface area contributed by atoms with E-state index < -0.39 is 0 Å². The second-order valence-corrected chi connectivity index (χ2v) is 8.28. The molecule has 1 fully saturated rings. The maximum absolute atomic E-state index is 12.1. The first kappa shape index (κ1) is 19.8. The first-order valence-electron chi connectivity index (χ1n) is 10.2. The summed E-state index contributed by atoms with van der Waals surface area (Å²) in [6.45, 7) is 5.67. The molecule has 4 nitrogen and oxygen atoms in total. The Morgan fingerprint density at radius 1 is 0.862 bits per heavy atom. The van der Waals surface area contributed by atoms with Crippen LogP contribution in [-0.4, -0.2) is 55.0 Å². The molecule has 2 heterocycles. The SMILES string of the molecule is O=C(NCCN1CCN(C(c2ccccc2)c2ccccc2)CC1)c1cccs1. The van der Waals surface area contributed by atoms with Crippen molar-refractivity contribution >= 4 is 17.2 Å². The third-order valence-electron chi connectivity index (χ3n) is 5.46. The molecule has 1 N–H and O–H groups in total. The second kappa shape index (κ2) is 9.83. The Hall–Kier alpha value is -2.47. The smallest absolute Gasteiger partial charge is 0.261 e. The zero-order valence-corrected chi connectivity index (χ0v) is 17.4. The van der Waals surface area contributed by atoms with Gasteiger partial charge in [0.2, 0.25) is 0 Å². The number of carbonyl (C=O) groups excluding carboxylic acids is 1. The number of nitrogens with zero attached hydrogens (tertiary/aromatic N) is 2. The predicted octanol–water partition coefficient (Wildman–Crippen LogP) is 3.89. The molecule has 1 aliphatic rings. The van der Waals surface area contributed by atoms with Crippen molar-refractivity contribution in [1.82, 2.24) is 15.1 Å². The van der Waals surface area contributed by atoms with Crippen molar-refractivity contribution < 1.29 is 4.79 Å². The normalized spacial score (nSPS) is 15.5. The number of amides is 1. The monoisotopic (exact) mass is 405 g/mol. The van der Waals surface area contributed by atoms with Crippen LogP contribution in [0.2, 0.25) is 0 Å². The molecular weight excluding hydrogens is 378 g/mol. The van der Waals surface area contributed by atoms with E-state index in [0.29, 0.717) is 6.54 Å². The lowest BCUT2D eigenvalue weighted by molar-refractivity contribution is 0.0924. The van der Waals surface area contributed by atoms with Crippen molar-refractivity contribution in [2.24, 2.45) is 0 Å². The summed E-state index contributed by atoms with van der Waals surface area (Å²) >= 11 is 1.48. The van der Waals surface area contributed by atoms with Crippen LogP contribution in [0.25, 0.3) is 0 Å². The summed E-state index contributed by atoms with van der Waals surface area (Å²) in [6.07, 6.45) is 0. The van der Waals surface area contributed by atoms with Gasteiger partial charge in [-0.15, -0.1) is 11.3 Å². The van der Waals surface area contributed by atoms with Gasteiger partial charge in [0.1, 0.15) is 0 Å². The topological polar surface area (TPSA) is 35.6 Å². The molecule has 1 amide bonds. The van der Waals surface area contributed by atoms with Gasteiger partial charge in [-0.05, 0) is 22.6 Å². The van der Waals surface area contributed by atoms with Gasteiger partial charge in [-0.2, -0.15) is 0 Å². The molecule has 0 bridgehead atoms. The van der Waals surface area contributed by atoms with Crippen LogP contribution in [0.1, 0.15) is 26.8 Å². The molecule has 0 aliphatic carbocycles. The molecule has 1 aromatic heterocycles. The zero-order chi connectivity index (χ0) is 19.9. The molecule has 2 aromatic carbocycles. The molecule has 4 rings (SSSR count). The fourth-order valence-corrected chi connectivity index (χ4v) is 4.59. The van der Waals surface area contributed by atoms with Crippen LogP contribution in [0, 0.1) is 0 Å². The summed E-state index contributed by atoms with van der Waals surface area (Å²) in [5, 5.41) is 4.97. The van der Waals surface area contributed by atoms with Gasteiger partial charge in [0, 0.05) is 39.3 Å². The second-order valence-electron chi connectivity index (χ2n) is 7.33. The number of thiophene rings is 1. The highest BCUT2D eigenvalue weighted by atomic mass is 32.1. The van der Waals surface area contributed by atoms with Gasteiger partial charge in [0.25, 0.3) is 5.91 Å². The molecule has 0 unspecified atom stereocenters. The minimum absolute atomic E-state index is 0.0341. The summed E-state index contributed by atoms with van der Waals surface area (Å²) in [5.74, 6) is 0.0341. The lowest BCUT2D eigenvalue weighted by Gasteiger charge is -2.39. The van der Waals surface area contributed by atoms with E-state index in [1.807, 2.05) is 17.5 Å². The molecular formula is C24H27N3OS. The first-order valence-corrected chi connectivity index (χ1v) is 11.1. The van der Waals surface area contributed by atoms with Crippen molar-refractivity contribution in [2.75, 3.05) is 39.3 Å². The lowest BCUT2D eigenvalue weighted by Crippen LogP contribution is -2.49. The maximum atomic E-state index is 12.1. The molecule has 0 radical (unpaired) electrons. The average molecular weight is 406 g/mol. The number of carbonyl (C=O) groups is 1. The molecule has 1 aliphatic heterocycles. The minimum Gasteiger partial charge on any atom is -0.350 e. The fraction of sp³-hybridized carbons (Fsp3) is 0.292. The number of hydrogen-bond acceptors (Lipinski definition) is 4.